The smallest absolute Gasteiger partial charge is 0.194 e. The summed E-state index contributed by atoms with van der Waals surface area (Å²) in [5.74, 6) is 3.10. The second kappa shape index (κ2) is 11.0. The number of ether oxygens (including phenoxy) is 2. The fourth-order valence-corrected chi connectivity index (χ4v) is 5.25. The molecule has 7 heteroatoms. The van der Waals surface area contributed by atoms with Crippen LogP contribution in [0.15, 0.2) is 29.3 Å². The van der Waals surface area contributed by atoms with Crippen LogP contribution in [0.5, 0.6) is 5.75 Å². The molecule has 6 nitrogen and oxygen atoms in total. The largest absolute Gasteiger partial charge is 0.497 e. The third kappa shape index (κ3) is 5.95. The first-order chi connectivity index (χ1) is 14.2. The molecule has 0 unspecified atom stereocenters. The quantitative estimate of drug-likeness (QED) is 0.540. The highest BCUT2D eigenvalue weighted by Crippen LogP contribution is 2.35. The second-order valence-electron chi connectivity index (χ2n) is 7.57. The molecule has 162 valence electrons. The molecule has 2 aliphatic rings. The molecule has 2 heterocycles. The molecular weight excluding hydrogens is 384 g/mol. The molecule has 2 fully saturated rings. The van der Waals surface area contributed by atoms with Gasteiger partial charge in [0, 0.05) is 62.4 Å². The van der Waals surface area contributed by atoms with Crippen LogP contribution >= 0.6 is 11.8 Å². The highest BCUT2D eigenvalue weighted by atomic mass is 32.2. The first-order valence-electron chi connectivity index (χ1n) is 10.8. The van der Waals surface area contributed by atoms with Gasteiger partial charge in [-0.15, -0.1) is 0 Å². The number of hydrogen-bond donors (Lipinski definition) is 1. The van der Waals surface area contributed by atoms with E-state index in [1.807, 2.05) is 6.07 Å². The van der Waals surface area contributed by atoms with Gasteiger partial charge in [0.25, 0.3) is 0 Å². The van der Waals surface area contributed by atoms with Crippen LogP contribution in [0.3, 0.4) is 0 Å². The number of rotatable bonds is 7. The van der Waals surface area contributed by atoms with E-state index in [1.165, 1.54) is 5.69 Å². The lowest BCUT2D eigenvalue weighted by atomic mass is 9.99. The predicted octanol–water partition coefficient (Wildman–Crippen LogP) is 3.09. The van der Waals surface area contributed by atoms with E-state index < -0.39 is 0 Å². The Bertz CT molecular complexity index is 650. The first-order valence-corrected chi connectivity index (χ1v) is 11.8. The fourth-order valence-electron chi connectivity index (χ4n) is 4.03. The van der Waals surface area contributed by atoms with Gasteiger partial charge in [-0.1, -0.05) is 13.0 Å². The number of piperazine rings is 1. The Balaban J connectivity index is 1.63. The van der Waals surface area contributed by atoms with E-state index in [9.17, 15) is 0 Å². The van der Waals surface area contributed by atoms with Gasteiger partial charge in [-0.25, -0.2) is 0 Å². The van der Waals surface area contributed by atoms with Crippen molar-refractivity contribution in [3.05, 3.63) is 24.3 Å². The summed E-state index contributed by atoms with van der Waals surface area (Å²) in [7, 11) is 1.72. The molecule has 2 saturated heterocycles. The van der Waals surface area contributed by atoms with Crippen molar-refractivity contribution < 1.29 is 9.47 Å². The molecule has 1 aromatic rings. The first kappa shape index (κ1) is 22.1. The third-order valence-electron chi connectivity index (χ3n) is 5.70. The van der Waals surface area contributed by atoms with Crippen molar-refractivity contribution in [2.75, 3.05) is 70.2 Å². The minimum absolute atomic E-state index is 0.232. The molecule has 0 saturated carbocycles. The Morgan fingerprint density at radius 2 is 1.97 bits per heavy atom. The summed E-state index contributed by atoms with van der Waals surface area (Å²) in [6.07, 6.45) is 2.19. The molecule has 0 aliphatic carbocycles. The lowest BCUT2D eigenvalue weighted by Crippen LogP contribution is -2.53. The van der Waals surface area contributed by atoms with Crippen LogP contribution in [0.2, 0.25) is 0 Å². The topological polar surface area (TPSA) is 49.3 Å². The van der Waals surface area contributed by atoms with Gasteiger partial charge in [0.1, 0.15) is 5.75 Å². The van der Waals surface area contributed by atoms with Crippen LogP contribution in [0.1, 0.15) is 26.7 Å². The van der Waals surface area contributed by atoms with Gasteiger partial charge >= 0.3 is 0 Å². The Hall–Kier alpha value is -1.60. The molecule has 2 aliphatic heterocycles. The van der Waals surface area contributed by atoms with Crippen LogP contribution in [-0.2, 0) is 4.74 Å². The molecule has 0 aromatic heterocycles. The number of nitrogens with one attached hydrogen (secondary N) is 1. The molecule has 0 atom stereocenters. The van der Waals surface area contributed by atoms with E-state index in [-0.39, 0.29) is 4.75 Å². The molecular formula is C22H36N4O2S. The Labute approximate surface area is 180 Å². The van der Waals surface area contributed by atoms with Gasteiger partial charge in [-0.3, -0.25) is 4.99 Å². The lowest BCUT2D eigenvalue weighted by molar-refractivity contribution is 0.0792. The summed E-state index contributed by atoms with van der Waals surface area (Å²) in [6.45, 7) is 11.8. The van der Waals surface area contributed by atoms with E-state index in [0.717, 1.165) is 82.8 Å². The SMILES string of the molecule is CCNC(=NCC1(SCC)CCOCC1)N1CCN(c2cccc(OC)c2)CC1. The van der Waals surface area contributed by atoms with Crippen molar-refractivity contribution in [1.82, 2.24) is 10.2 Å². The molecule has 0 bridgehead atoms. The van der Waals surface area contributed by atoms with E-state index in [2.05, 4.69) is 58.9 Å². The van der Waals surface area contributed by atoms with Crippen molar-refractivity contribution in [1.29, 1.82) is 0 Å². The zero-order chi connectivity index (χ0) is 20.5. The van der Waals surface area contributed by atoms with Gasteiger partial charge in [0.15, 0.2) is 5.96 Å². The van der Waals surface area contributed by atoms with Crippen LogP contribution in [-0.4, -0.2) is 81.0 Å². The number of thioether (sulfide) groups is 1. The van der Waals surface area contributed by atoms with Crippen molar-refractivity contribution >= 4 is 23.4 Å². The number of guanidine groups is 1. The van der Waals surface area contributed by atoms with Crippen molar-refractivity contribution in [2.24, 2.45) is 4.99 Å². The van der Waals surface area contributed by atoms with E-state index in [4.69, 9.17) is 14.5 Å². The van der Waals surface area contributed by atoms with E-state index in [0.29, 0.717) is 0 Å². The zero-order valence-corrected chi connectivity index (χ0v) is 19.0. The van der Waals surface area contributed by atoms with Gasteiger partial charge in [0.05, 0.1) is 13.7 Å². The zero-order valence-electron chi connectivity index (χ0n) is 18.2. The van der Waals surface area contributed by atoms with Gasteiger partial charge < -0.3 is 24.6 Å². The van der Waals surface area contributed by atoms with Gasteiger partial charge in [-0.05, 0) is 37.7 Å². The second-order valence-corrected chi connectivity index (χ2v) is 9.31. The van der Waals surface area contributed by atoms with Crippen molar-refractivity contribution in [3.8, 4) is 5.75 Å². The molecule has 1 N–H and O–H groups in total. The summed E-state index contributed by atoms with van der Waals surface area (Å²) in [6, 6.07) is 8.33. The van der Waals surface area contributed by atoms with Crippen LogP contribution in [0, 0.1) is 0 Å². The number of benzene rings is 1. The summed E-state index contributed by atoms with van der Waals surface area (Å²) in [4.78, 5) is 9.93. The number of methoxy groups -OCH3 is 1. The summed E-state index contributed by atoms with van der Waals surface area (Å²) >= 11 is 2.05. The normalized spacial score (nSPS) is 19.9. The maximum absolute atomic E-state index is 5.61. The van der Waals surface area contributed by atoms with Crippen molar-refractivity contribution in [3.63, 3.8) is 0 Å². The molecule has 0 amide bonds. The van der Waals surface area contributed by atoms with Gasteiger partial charge in [0.2, 0.25) is 0 Å². The minimum atomic E-state index is 0.232. The number of aliphatic imine (C=N–C) groups is 1. The predicted molar refractivity (Wildman–Crippen MR) is 124 cm³/mol. The summed E-state index contributed by atoms with van der Waals surface area (Å²) in [5, 5.41) is 3.52. The molecule has 0 spiro atoms. The highest BCUT2D eigenvalue weighted by Gasteiger charge is 2.33. The Kier molecular flexibility index (Phi) is 8.36. The number of nitrogens with zero attached hydrogens (tertiary/aromatic N) is 3. The monoisotopic (exact) mass is 420 g/mol. The van der Waals surface area contributed by atoms with Crippen molar-refractivity contribution in [2.45, 2.75) is 31.4 Å². The molecule has 3 rings (SSSR count). The standard InChI is InChI=1S/C22H36N4O2S/c1-4-23-21(24-18-22(29-5-2)9-15-28-16-10-22)26-13-11-25(12-14-26)19-7-6-8-20(17-19)27-3/h6-8,17H,4-5,9-16,18H2,1-3H3,(H,23,24). The third-order valence-corrected chi connectivity index (χ3v) is 7.14. The lowest BCUT2D eigenvalue weighted by Gasteiger charge is -2.39. The molecule has 29 heavy (non-hydrogen) atoms. The molecule has 1 aromatic carbocycles. The maximum atomic E-state index is 5.61. The van der Waals surface area contributed by atoms with E-state index in [1.54, 1.807) is 7.11 Å². The maximum Gasteiger partial charge on any atom is 0.194 e. The minimum Gasteiger partial charge on any atom is -0.497 e. The number of hydrogen-bond acceptors (Lipinski definition) is 5. The average molecular weight is 421 g/mol. The number of anilines is 1. The van der Waals surface area contributed by atoms with E-state index >= 15 is 0 Å². The van der Waals surface area contributed by atoms with Crippen LogP contribution < -0.4 is 15.0 Å². The Morgan fingerprint density at radius 3 is 2.62 bits per heavy atom. The van der Waals surface area contributed by atoms with Crippen LogP contribution in [0.25, 0.3) is 0 Å². The molecule has 0 radical (unpaired) electrons. The van der Waals surface area contributed by atoms with Crippen LogP contribution in [0.4, 0.5) is 5.69 Å². The highest BCUT2D eigenvalue weighted by molar-refractivity contribution is 8.00. The Morgan fingerprint density at radius 1 is 1.21 bits per heavy atom. The summed E-state index contributed by atoms with van der Waals surface area (Å²) < 4.78 is 11.2. The fraction of sp³-hybridized carbons (Fsp3) is 0.682. The summed E-state index contributed by atoms with van der Waals surface area (Å²) in [5.41, 5.74) is 1.23. The van der Waals surface area contributed by atoms with Gasteiger partial charge in [-0.2, -0.15) is 11.8 Å². The average Bonchev–Trinajstić information content (AvgIpc) is 2.78.